The summed E-state index contributed by atoms with van der Waals surface area (Å²) in [5, 5.41) is 19.8. The fraction of sp³-hybridized carbons (Fsp3) is 0.455. The van der Waals surface area contributed by atoms with Gasteiger partial charge in [-0.2, -0.15) is 0 Å². The summed E-state index contributed by atoms with van der Waals surface area (Å²) >= 11 is 0. The van der Waals surface area contributed by atoms with Gasteiger partial charge in [0.25, 0.3) is 0 Å². The molecule has 1 amide bonds. The van der Waals surface area contributed by atoms with Crippen molar-refractivity contribution in [3.8, 4) is 0 Å². The SMILES string of the molecule is CCNC(=NCc1cccc(NC(=O)C(C)CC)c1)NCC(C)(O)c1ccco1. The molecule has 0 aliphatic rings. The van der Waals surface area contributed by atoms with Gasteiger partial charge < -0.3 is 25.5 Å². The maximum atomic E-state index is 12.1. The summed E-state index contributed by atoms with van der Waals surface area (Å²) in [5.41, 5.74) is 0.587. The lowest BCUT2D eigenvalue weighted by molar-refractivity contribution is -0.119. The van der Waals surface area contributed by atoms with E-state index in [0.29, 0.717) is 24.8 Å². The summed E-state index contributed by atoms with van der Waals surface area (Å²) in [4.78, 5) is 16.7. The lowest BCUT2D eigenvalue weighted by Gasteiger charge is -2.22. The van der Waals surface area contributed by atoms with E-state index in [9.17, 15) is 9.90 Å². The highest BCUT2D eigenvalue weighted by Crippen LogP contribution is 2.19. The number of benzene rings is 1. The Hall–Kier alpha value is -2.80. The fourth-order valence-corrected chi connectivity index (χ4v) is 2.64. The molecule has 0 saturated carbocycles. The van der Waals surface area contributed by atoms with Crippen LogP contribution in [0.2, 0.25) is 0 Å². The Labute approximate surface area is 172 Å². The smallest absolute Gasteiger partial charge is 0.227 e. The third-order valence-electron chi connectivity index (χ3n) is 4.67. The number of furan rings is 1. The van der Waals surface area contributed by atoms with E-state index in [1.165, 1.54) is 6.26 Å². The van der Waals surface area contributed by atoms with E-state index in [-0.39, 0.29) is 18.4 Å². The summed E-state index contributed by atoms with van der Waals surface area (Å²) in [7, 11) is 0. The minimum Gasteiger partial charge on any atom is -0.466 e. The number of hydrogen-bond acceptors (Lipinski definition) is 4. The molecule has 1 aromatic carbocycles. The van der Waals surface area contributed by atoms with Crippen LogP contribution in [0.3, 0.4) is 0 Å². The van der Waals surface area contributed by atoms with Gasteiger partial charge in [0.15, 0.2) is 5.96 Å². The van der Waals surface area contributed by atoms with Gasteiger partial charge in [0, 0.05) is 18.2 Å². The molecule has 0 fully saturated rings. The Kier molecular flexibility index (Phi) is 8.27. The Bertz CT molecular complexity index is 800. The topological polar surface area (TPSA) is 98.9 Å². The molecular formula is C22H32N4O3. The molecule has 2 unspecified atom stereocenters. The van der Waals surface area contributed by atoms with E-state index in [4.69, 9.17) is 4.42 Å². The predicted molar refractivity (Wildman–Crippen MR) is 116 cm³/mol. The quantitative estimate of drug-likeness (QED) is 0.383. The molecule has 0 bridgehead atoms. The number of amides is 1. The molecule has 1 aromatic heterocycles. The van der Waals surface area contributed by atoms with Crippen LogP contribution in [0.15, 0.2) is 52.1 Å². The minimum atomic E-state index is -1.15. The van der Waals surface area contributed by atoms with Gasteiger partial charge in [0.1, 0.15) is 11.4 Å². The number of carbonyl (C=O) groups excluding carboxylic acids is 1. The number of anilines is 1. The average Bonchev–Trinajstić information content (AvgIpc) is 3.25. The molecule has 158 valence electrons. The number of aliphatic hydroxyl groups is 1. The van der Waals surface area contributed by atoms with Gasteiger partial charge in [-0.15, -0.1) is 0 Å². The zero-order valence-corrected chi connectivity index (χ0v) is 17.7. The number of nitrogens with one attached hydrogen (secondary N) is 3. The number of guanidine groups is 1. The molecule has 0 spiro atoms. The lowest BCUT2D eigenvalue weighted by Crippen LogP contribution is -2.44. The van der Waals surface area contributed by atoms with Crippen molar-refractivity contribution in [1.82, 2.24) is 10.6 Å². The molecule has 0 aliphatic carbocycles. The van der Waals surface area contributed by atoms with E-state index >= 15 is 0 Å². The maximum absolute atomic E-state index is 12.1. The third kappa shape index (κ3) is 6.94. The van der Waals surface area contributed by atoms with Crippen LogP contribution in [0.5, 0.6) is 0 Å². The molecule has 2 aromatic rings. The molecular weight excluding hydrogens is 368 g/mol. The highest BCUT2D eigenvalue weighted by molar-refractivity contribution is 5.92. The molecule has 0 aliphatic heterocycles. The number of rotatable bonds is 9. The van der Waals surface area contributed by atoms with Crippen molar-refractivity contribution in [2.75, 3.05) is 18.4 Å². The van der Waals surface area contributed by atoms with E-state index in [1.54, 1.807) is 19.1 Å². The summed E-state index contributed by atoms with van der Waals surface area (Å²) in [6.07, 6.45) is 2.34. The van der Waals surface area contributed by atoms with Gasteiger partial charge in [-0.3, -0.25) is 4.79 Å². The highest BCUT2D eigenvalue weighted by atomic mass is 16.4. The monoisotopic (exact) mass is 400 g/mol. The van der Waals surface area contributed by atoms with Crippen LogP contribution in [0.1, 0.15) is 45.4 Å². The van der Waals surface area contributed by atoms with Crippen LogP contribution in [-0.4, -0.2) is 30.1 Å². The van der Waals surface area contributed by atoms with Crippen LogP contribution < -0.4 is 16.0 Å². The zero-order chi connectivity index (χ0) is 21.3. The second-order valence-electron chi connectivity index (χ2n) is 7.30. The summed E-state index contributed by atoms with van der Waals surface area (Å²) < 4.78 is 5.30. The maximum Gasteiger partial charge on any atom is 0.227 e. The van der Waals surface area contributed by atoms with Gasteiger partial charge in [0.05, 0.1) is 19.4 Å². The van der Waals surface area contributed by atoms with Crippen LogP contribution in [0.4, 0.5) is 5.69 Å². The van der Waals surface area contributed by atoms with Crippen LogP contribution in [0.25, 0.3) is 0 Å². The zero-order valence-electron chi connectivity index (χ0n) is 17.7. The van der Waals surface area contributed by atoms with Gasteiger partial charge in [-0.1, -0.05) is 26.0 Å². The summed E-state index contributed by atoms with van der Waals surface area (Å²) in [5.74, 6) is 1.07. The average molecular weight is 401 g/mol. The van der Waals surface area contributed by atoms with Crippen molar-refractivity contribution < 1.29 is 14.3 Å². The largest absolute Gasteiger partial charge is 0.466 e. The summed E-state index contributed by atoms with van der Waals surface area (Å²) in [6.45, 7) is 8.95. The van der Waals surface area contributed by atoms with E-state index < -0.39 is 5.60 Å². The molecule has 0 radical (unpaired) electrons. The van der Waals surface area contributed by atoms with Crippen LogP contribution >= 0.6 is 0 Å². The van der Waals surface area contributed by atoms with Crippen LogP contribution in [-0.2, 0) is 16.9 Å². The van der Waals surface area contributed by atoms with Gasteiger partial charge in [-0.25, -0.2) is 4.99 Å². The molecule has 2 rings (SSSR count). The number of nitrogens with zero attached hydrogens (tertiary/aromatic N) is 1. The number of hydrogen-bond donors (Lipinski definition) is 4. The molecule has 1 heterocycles. The van der Waals surface area contributed by atoms with Gasteiger partial charge >= 0.3 is 0 Å². The van der Waals surface area contributed by atoms with E-state index in [0.717, 1.165) is 17.7 Å². The Morgan fingerprint density at radius 3 is 2.69 bits per heavy atom. The number of carbonyl (C=O) groups is 1. The van der Waals surface area contributed by atoms with Crippen molar-refractivity contribution >= 4 is 17.6 Å². The molecule has 7 nitrogen and oxygen atoms in total. The molecule has 7 heteroatoms. The molecule has 0 saturated heterocycles. The first kappa shape index (κ1) is 22.5. The normalized spacial score (nSPS) is 14.7. The first-order valence-electron chi connectivity index (χ1n) is 10.0. The third-order valence-corrected chi connectivity index (χ3v) is 4.67. The van der Waals surface area contributed by atoms with Gasteiger partial charge in [-0.05, 0) is 50.1 Å². The van der Waals surface area contributed by atoms with E-state index in [2.05, 4.69) is 20.9 Å². The fourth-order valence-electron chi connectivity index (χ4n) is 2.64. The van der Waals surface area contributed by atoms with Crippen molar-refractivity contribution in [3.63, 3.8) is 0 Å². The highest BCUT2D eigenvalue weighted by Gasteiger charge is 2.26. The predicted octanol–water partition coefficient (Wildman–Crippen LogP) is 3.23. The standard InChI is InChI=1S/C22H32N4O3/c1-5-16(3)20(27)26-18-10-7-9-17(13-18)14-24-21(23-6-2)25-15-22(4,28)19-11-8-12-29-19/h7-13,16,28H,5-6,14-15H2,1-4H3,(H,26,27)(H2,23,24,25). The van der Waals surface area contributed by atoms with Crippen LogP contribution in [0, 0.1) is 5.92 Å². The second kappa shape index (κ2) is 10.7. The number of aliphatic imine (C=N–C) groups is 1. The van der Waals surface area contributed by atoms with E-state index in [1.807, 2.05) is 45.0 Å². The Balaban J connectivity index is 2.00. The molecule has 4 N–H and O–H groups in total. The lowest BCUT2D eigenvalue weighted by atomic mass is 10.0. The minimum absolute atomic E-state index is 0.0170. The molecule has 2 atom stereocenters. The first-order valence-corrected chi connectivity index (χ1v) is 10.0. The second-order valence-corrected chi connectivity index (χ2v) is 7.30. The van der Waals surface area contributed by atoms with Crippen molar-refractivity contribution in [2.45, 2.75) is 46.3 Å². The van der Waals surface area contributed by atoms with Crippen molar-refractivity contribution in [2.24, 2.45) is 10.9 Å². The Morgan fingerprint density at radius 2 is 2.03 bits per heavy atom. The summed E-state index contributed by atoms with van der Waals surface area (Å²) in [6, 6.07) is 11.1. The first-order chi connectivity index (χ1) is 13.9. The van der Waals surface area contributed by atoms with Crippen molar-refractivity contribution in [3.05, 3.63) is 54.0 Å². The molecule has 29 heavy (non-hydrogen) atoms. The Morgan fingerprint density at radius 1 is 1.24 bits per heavy atom. The van der Waals surface area contributed by atoms with Crippen molar-refractivity contribution in [1.29, 1.82) is 0 Å². The van der Waals surface area contributed by atoms with Gasteiger partial charge in [0.2, 0.25) is 5.91 Å².